The Balaban J connectivity index is 2.05. The molecule has 2 saturated heterocycles. The Kier molecular flexibility index (Phi) is 4.28. The van der Waals surface area contributed by atoms with Gasteiger partial charge in [0.15, 0.2) is 0 Å². The molecule has 0 aliphatic carbocycles. The molecular weight excluding hydrogens is 228 g/mol. The molecule has 0 spiro atoms. The number of nitrogens with zero attached hydrogens (tertiary/aromatic N) is 1. The van der Waals surface area contributed by atoms with Crippen LogP contribution < -0.4 is 5.32 Å². The molecule has 2 rings (SSSR count). The van der Waals surface area contributed by atoms with Crippen LogP contribution in [0, 0.1) is 11.3 Å². The Morgan fingerprint density at radius 2 is 2.17 bits per heavy atom. The monoisotopic (exact) mass is 254 g/mol. The number of piperidine rings is 1. The van der Waals surface area contributed by atoms with Crippen LogP contribution in [-0.4, -0.2) is 48.2 Å². The second-order valence-electron chi connectivity index (χ2n) is 6.24. The second-order valence-corrected chi connectivity index (χ2v) is 6.24. The first-order valence-electron chi connectivity index (χ1n) is 7.20. The minimum atomic E-state index is -0.314. The zero-order valence-electron chi connectivity index (χ0n) is 11.6. The second kappa shape index (κ2) is 5.57. The van der Waals surface area contributed by atoms with E-state index in [1.165, 1.54) is 0 Å². The summed E-state index contributed by atoms with van der Waals surface area (Å²) >= 11 is 0. The number of nitrogens with one attached hydrogen (secondary N) is 1. The van der Waals surface area contributed by atoms with Crippen LogP contribution in [-0.2, 0) is 4.79 Å². The molecule has 0 radical (unpaired) electrons. The van der Waals surface area contributed by atoms with Crippen LogP contribution in [0.1, 0.15) is 39.5 Å². The SMILES string of the molecule is CC(C)(C(=O)N1CCCC1CO)C1CCCNC1. The van der Waals surface area contributed by atoms with Crippen molar-refractivity contribution < 1.29 is 9.90 Å². The van der Waals surface area contributed by atoms with Crippen LogP contribution in [0.3, 0.4) is 0 Å². The van der Waals surface area contributed by atoms with Crippen molar-refractivity contribution in [3.8, 4) is 0 Å². The Hall–Kier alpha value is -0.610. The van der Waals surface area contributed by atoms with Crippen LogP contribution in [0.5, 0.6) is 0 Å². The molecule has 0 aromatic rings. The first-order chi connectivity index (χ1) is 8.57. The van der Waals surface area contributed by atoms with Gasteiger partial charge in [-0.15, -0.1) is 0 Å². The Morgan fingerprint density at radius 3 is 2.78 bits per heavy atom. The molecule has 2 aliphatic heterocycles. The number of rotatable bonds is 3. The highest BCUT2D eigenvalue weighted by atomic mass is 16.3. The molecule has 1 amide bonds. The molecule has 0 bridgehead atoms. The number of aliphatic hydroxyl groups is 1. The molecule has 2 heterocycles. The number of aliphatic hydroxyl groups excluding tert-OH is 1. The maximum atomic E-state index is 12.7. The Bertz CT molecular complexity index is 298. The van der Waals surface area contributed by atoms with E-state index in [1.807, 2.05) is 4.90 Å². The average Bonchev–Trinajstić information content (AvgIpc) is 2.87. The van der Waals surface area contributed by atoms with Crippen LogP contribution >= 0.6 is 0 Å². The van der Waals surface area contributed by atoms with Crippen molar-refractivity contribution in [3.05, 3.63) is 0 Å². The van der Waals surface area contributed by atoms with Crippen molar-refractivity contribution in [2.24, 2.45) is 11.3 Å². The number of carbonyl (C=O) groups excluding carboxylic acids is 1. The molecule has 104 valence electrons. The van der Waals surface area contributed by atoms with E-state index in [4.69, 9.17) is 0 Å². The van der Waals surface area contributed by atoms with Gasteiger partial charge in [-0.2, -0.15) is 0 Å². The van der Waals surface area contributed by atoms with E-state index in [0.717, 1.165) is 45.3 Å². The summed E-state index contributed by atoms with van der Waals surface area (Å²) in [5.41, 5.74) is -0.314. The summed E-state index contributed by atoms with van der Waals surface area (Å²) in [4.78, 5) is 14.6. The minimum Gasteiger partial charge on any atom is -0.394 e. The highest BCUT2D eigenvalue weighted by Gasteiger charge is 2.42. The van der Waals surface area contributed by atoms with Gasteiger partial charge < -0.3 is 15.3 Å². The molecule has 2 fully saturated rings. The maximum absolute atomic E-state index is 12.7. The Morgan fingerprint density at radius 1 is 1.39 bits per heavy atom. The van der Waals surface area contributed by atoms with Crippen LogP contribution in [0.15, 0.2) is 0 Å². The van der Waals surface area contributed by atoms with Gasteiger partial charge in [-0.05, 0) is 44.7 Å². The highest BCUT2D eigenvalue weighted by Crippen LogP contribution is 2.35. The van der Waals surface area contributed by atoms with Gasteiger partial charge in [0.25, 0.3) is 0 Å². The van der Waals surface area contributed by atoms with Crippen LogP contribution in [0.25, 0.3) is 0 Å². The third-order valence-electron chi connectivity index (χ3n) is 4.72. The number of hydrogen-bond acceptors (Lipinski definition) is 3. The van der Waals surface area contributed by atoms with Crippen LogP contribution in [0.2, 0.25) is 0 Å². The molecule has 2 atom stereocenters. The van der Waals surface area contributed by atoms with Crippen molar-refractivity contribution in [2.75, 3.05) is 26.2 Å². The number of hydrogen-bond donors (Lipinski definition) is 2. The van der Waals surface area contributed by atoms with E-state index in [0.29, 0.717) is 5.92 Å². The third-order valence-corrected chi connectivity index (χ3v) is 4.72. The van der Waals surface area contributed by atoms with E-state index >= 15 is 0 Å². The smallest absolute Gasteiger partial charge is 0.228 e. The number of amides is 1. The zero-order chi connectivity index (χ0) is 13.2. The minimum absolute atomic E-state index is 0.0494. The van der Waals surface area contributed by atoms with E-state index in [-0.39, 0.29) is 24.0 Å². The molecular formula is C14H26N2O2. The fraction of sp³-hybridized carbons (Fsp3) is 0.929. The van der Waals surface area contributed by atoms with E-state index in [9.17, 15) is 9.90 Å². The fourth-order valence-corrected chi connectivity index (χ4v) is 3.31. The molecule has 0 aromatic carbocycles. The van der Waals surface area contributed by atoms with Gasteiger partial charge in [-0.3, -0.25) is 4.79 Å². The number of carbonyl (C=O) groups is 1. The molecule has 4 heteroatoms. The summed E-state index contributed by atoms with van der Waals surface area (Å²) in [6, 6.07) is 0.0494. The van der Waals surface area contributed by atoms with Gasteiger partial charge in [0.1, 0.15) is 0 Å². The first-order valence-corrected chi connectivity index (χ1v) is 7.20. The van der Waals surface area contributed by atoms with E-state index < -0.39 is 0 Å². The maximum Gasteiger partial charge on any atom is 0.228 e. The summed E-state index contributed by atoms with van der Waals surface area (Å²) < 4.78 is 0. The van der Waals surface area contributed by atoms with Gasteiger partial charge in [-0.25, -0.2) is 0 Å². The van der Waals surface area contributed by atoms with Gasteiger partial charge in [0.2, 0.25) is 5.91 Å². The molecule has 2 N–H and O–H groups in total. The molecule has 0 saturated carbocycles. The van der Waals surface area contributed by atoms with Gasteiger partial charge >= 0.3 is 0 Å². The largest absolute Gasteiger partial charge is 0.394 e. The summed E-state index contributed by atoms with van der Waals surface area (Å²) in [5.74, 6) is 0.645. The van der Waals surface area contributed by atoms with Crippen molar-refractivity contribution in [1.29, 1.82) is 0 Å². The van der Waals surface area contributed by atoms with Crippen molar-refractivity contribution >= 4 is 5.91 Å². The summed E-state index contributed by atoms with van der Waals surface area (Å²) in [6.45, 7) is 7.07. The summed E-state index contributed by atoms with van der Waals surface area (Å²) in [5, 5.41) is 12.7. The lowest BCUT2D eigenvalue weighted by atomic mass is 9.74. The Labute approximate surface area is 110 Å². The molecule has 18 heavy (non-hydrogen) atoms. The molecule has 2 aliphatic rings. The van der Waals surface area contributed by atoms with Crippen molar-refractivity contribution in [2.45, 2.75) is 45.6 Å². The lowest BCUT2D eigenvalue weighted by molar-refractivity contribution is -0.145. The third kappa shape index (κ3) is 2.54. The zero-order valence-corrected chi connectivity index (χ0v) is 11.6. The van der Waals surface area contributed by atoms with Gasteiger partial charge in [-0.1, -0.05) is 13.8 Å². The van der Waals surface area contributed by atoms with Crippen molar-refractivity contribution in [3.63, 3.8) is 0 Å². The van der Waals surface area contributed by atoms with Crippen LogP contribution in [0.4, 0.5) is 0 Å². The number of likely N-dealkylation sites (tertiary alicyclic amines) is 1. The molecule has 2 unspecified atom stereocenters. The standard InChI is InChI=1S/C14H26N2O2/c1-14(2,11-5-3-7-15-9-11)13(18)16-8-4-6-12(16)10-17/h11-12,15,17H,3-10H2,1-2H3. The predicted octanol–water partition coefficient (Wildman–Crippen LogP) is 0.996. The quantitative estimate of drug-likeness (QED) is 0.790. The summed E-state index contributed by atoms with van der Waals surface area (Å²) in [7, 11) is 0. The fourth-order valence-electron chi connectivity index (χ4n) is 3.31. The normalized spacial score (nSPS) is 29.6. The van der Waals surface area contributed by atoms with Gasteiger partial charge in [0, 0.05) is 12.0 Å². The predicted molar refractivity (Wildman–Crippen MR) is 71.2 cm³/mol. The van der Waals surface area contributed by atoms with E-state index in [1.54, 1.807) is 0 Å². The summed E-state index contributed by atoms with van der Waals surface area (Å²) in [6.07, 6.45) is 4.26. The lowest BCUT2D eigenvalue weighted by Gasteiger charge is -2.40. The topological polar surface area (TPSA) is 52.6 Å². The van der Waals surface area contributed by atoms with Crippen molar-refractivity contribution in [1.82, 2.24) is 10.2 Å². The first kappa shape index (κ1) is 13.8. The molecule has 0 aromatic heterocycles. The lowest BCUT2D eigenvalue weighted by Crippen LogP contribution is -2.50. The molecule has 4 nitrogen and oxygen atoms in total. The average molecular weight is 254 g/mol. The van der Waals surface area contributed by atoms with Gasteiger partial charge in [0.05, 0.1) is 12.6 Å². The highest BCUT2D eigenvalue weighted by molar-refractivity contribution is 5.83. The van der Waals surface area contributed by atoms with E-state index in [2.05, 4.69) is 19.2 Å².